The molecule has 0 aromatic heterocycles. The molecule has 456 valence electrons. The van der Waals surface area contributed by atoms with Crippen molar-refractivity contribution in [1.29, 1.82) is 0 Å². The molecule has 0 aliphatic heterocycles. The maximum atomic E-state index is 12.9. The zero-order chi connectivity index (χ0) is 56.2. The molecule has 0 aliphatic rings. The number of esters is 4. The minimum atomic E-state index is -0.211. The minimum Gasteiger partial charge on any atom is -0.465 e. The minimum absolute atomic E-state index is 0.211. The second kappa shape index (κ2) is 64.1. The number of hydrogen-bond donors (Lipinski definition) is 0. The Hall–Kier alpha value is 0.560. The van der Waals surface area contributed by atoms with E-state index < -0.39 is 0 Å². The van der Waals surface area contributed by atoms with E-state index in [0.717, 1.165) is 65.7 Å². The lowest BCUT2D eigenvalue weighted by Crippen LogP contribution is -2.41. The maximum absolute atomic E-state index is 12.9. The average molecular weight is 1240 g/mol. The lowest BCUT2D eigenvalue weighted by Gasteiger charge is -2.29. The molecule has 0 atom stereocenters. The van der Waals surface area contributed by atoms with Gasteiger partial charge in [0.1, 0.15) is 26.4 Å². The van der Waals surface area contributed by atoms with Gasteiger partial charge in [-0.15, -0.1) is 0 Å². The van der Waals surface area contributed by atoms with Crippen LogP contribution in [0.25, 0.3) is 0 Å². The van der Waals surface area contributed by atoms with E-state index in [4.69, 9.17) is 18.9 Å². The maximum Gasteiger partial charge on any atom is 0.307 e. The van der Waals surface area contributed by atoms with Gasteiger partial charge in [-0.1, -0.05) is 249 Å². The van der Waals surface area contributed by atoms with Gasteiger partial charge in [0.15, 0.2) is 0 Å². The monoisotopic (exact) mass is 1240 g/mol. The van der Waals surface area contributed by atoms with Crippen LogP contribution in [0.15, 0.2) is 0 Å². The van der Waals surface area contributed by atoms with Gasteiger partial charge >= 0.3 is 23.9 Å². The lowest BCUT2D eigenvalue weighted by molar-refractivity contribution is -0.145. The van der Waals surface area contributed by atoms with Gasteiger partial charge in [-0.05, 0) is 32.2 Å². The van der Waals surface area contributed by atoms with Gasteiger partial charge in [0.05, 0.1) is 25.7 Å². The second-order valence-electron chi connectivity index (χ2n) is 19.6. The fourth-order valence-corrected chi connectivity index (χ4v) is 15.8. The third kappa shape index (κ3) is 59.5. The number of rotatable bonds is 63. The molecule has 0 N–H and O–H groups in total. The molecule has 0 saturated heterocycles. The van der Waals surface area contributed by atoms with Gasteiger partial charge in [-0.3, -0.25) is 19.2 Å². The third-order valence-corrected chi connectivity index (χ3v) is 22.6. The molecule has 0 aromatic carbocycles. The lowest BCUT2D eigenvalue weighted by atomic mass is 10.1. The molecule has 11 nitrogen and oxygen atoms in total. The summed E-state index contributed by atoms with van der Waals surface area (Å²) in [5.74, 6) is 6.78. The van der Waals surface area contributed by atoms with Crippen LogP contribution in [-0.4, -0.2) is 170 Å². The molecule has 0 spiro atoms. The van der Waals surface area contributed by atoms with Gasteiger partial charge in [-0.2, -0.15) is 0 Å². The fourth-order valence-electron chi connectivity index (χ4n) is 7.95. The summed E-state index contributed by atoms with van der Waals surface area (Å²) in [4.78, 5) is 58.4. The Labute approximate surface area is 505 Å². The topological polar surface area (TPSA) is 115 Å². The Morgan fingerprint density at radius 3 is 0.701 bits per heavy atom. The molecular formula is C58H113N3O8S8. The highest BCUT2D eigenvalue weighted by atomic mass is 33.1. The summed E-state index contributed by atoms with van der Waals surface area (Å²) < 4.78 is 22.6. The van der Waals surface area contributed by atoms with Crippen LogP contribution in [0.5, 0.6) is 0 Å². The Kier molecular flexibility index (Phi) is 64.6. The highest BCUT2D eigenvalue weighted by Crippen LogP contribution is 2.26. The van der Waals surface area contributed by atoms with Gasteiger partial charge in [-0.25, -0.2) is 0 Å². The molecule has 0 rings (SSSR count). The van der Waals surface area contributed by atoms with Crippen molar-refractivity contribution < 1.29 is 38.1 Å². The van der Waals surface area contributed by atoms with Crippen LogP contribution in [-0.2, 0) is 38.1 Å². The first kappa shape index (κ1) is 77.6. The smallest absolute Gasteiger partial charge is 0.307 e. The van der Waals surface area contributed by atoms with Crippen molar-refractivity contribution in [2.45, 2.75) is 214 Å². The van der Waals surface area contributed by atoms with Crippen LogP contribution in [0.3, 0.4) is 0 Å². The molecule has 77 heavy (non-hydrogen) atoms. The van der Waals surface area contributed by atoms with Gasteiger partial charge < -0.3 is 33.6 Å². The summed E-state index contributed by atoms with van der Waals surface area (Å²) >= 11 is 0. The molecule has 0 unspecified atom stereocenters. The van der Waals surface area contributed by atoms with E-state index in [-0.39, 0.29) is 49.6 Å². The Balaban J connectivity index is 5.27. The van der Waals surface area contributed by atoms with E-state index in [9.17, 15) is 19.2 Å². The van der Waals surface area contributed by atoms with Crippen LogP contribution >= 0.6 is 86.4 Å². The van der Waals surface area contributed by atoms with Crippen molar-refractivity contribution in [3.63, 3.8) is 0 Å². The SMILES string of the molecule is CCCCCCCCSSCCOC(=O)CCN(CCC(=O)OCCSSCCCCCCCC)CCN(CC)CCN(CCC(=O)OCCSSCCCCCCCC)CCC(=O)OCCSSCCCCCCCC. The Morgan fingerprint density at radius 1 is 0.260 bits per heavy atom. The summed E-state index contributed by atoms with van der Waals surface area (Å²) in [7, 11) is 14.6. The van der Waals surface area contributed by atoms with Crippen molar-refractivity contribution in [1.82, 2.24) is 14.7 Å². The first-order valence-electron chi connectivity index (χ1n) is 30.6. The normalized spacial score (nSPS) is 11.6. The Bertz CT molecular complexity index is 1130. The predicted molar refractivity (Wildman–Crippen MR) is 350 cm³/mol. The molecule has 0 saturated carbocycles. The molecule has 0 heterocycles. The van der Waals surface area contributed by atoms with Crippen molar-refractivity contribution in [2.24, 2.45) is 0 Å². The number of nitrogens with zero attached hydrogens (tertiary/aromatic N) is 3. The zero-order valence-electron chi connectivity index (χ0n) is 49.5. The number of hydrogen-bond acceptors (Lipinski definition) is 19. The largest absolute Gasteiger partial charge is 0.465 e. The molecule has 0 aromatic rings. The number of carbonyl (C=O) groups is 4. The summed E-state index contributed by atoms with van der Waals surface area (Å²) in [6.07, 6.45) is 32.1. The molecular weight excluding hydrogens is 1120 g/mol. The number of carbonyl (C=O) groups excluding carboxylic acids is 4. The summed E-state index contributed by atoms with van der Waals surface area (Å²) in [6, 6.07) is 0. The summed E-state index contributed by atoms with van der Waals surface area (Å²) in [5.41, 5.74) is 0. The molecule has 0 aliphatic carbocycles. The van der Waals surface area contributed by atoms with Crippen molar-refractivity contribution >= 4 is 110 Å². The van der Waals surface area contributed by atoms with E-state index in [1.54, 1.807) is 43.2 Å². The van der Waals surface area contributed by atoms with E-state index >= 15 is 0 Å². The van der Waals surface area contributed by atoms with E-state index in [1.165, 1.54) is 154 Å². The number of likely N-dealkylation sites (N-methyl/N-ethyl adjacent to an activating group) is 1. The first-order chi connectivity index (χ1) is 37.8. The van der Waals surface area contributed by atoms with Crippen LogP contribution in [0.2, 0.25) is 0 Å². The number of ether oxygens (including phenoxy) is 4. The van der Waals surface area contributed by atoms with Gasteiger partial charge in [0.2, 0.25) is 0 Å². The quantitative estimate of drug-likeness (QED) is 0.0249. The van der Waals surface area contributed by atoms with Crippen LogP contribution < -0.4 is 0 Å². The molecule has 0 fully saturated rings. The molecule has 19 heteroatoms. The van der Waals surface area contributed by atoms with Gasteiger partial charge in [0, 0.05) is 98.4 Å². The zero-order valence-corrected chi connectivity index (χ0v) is 56.1. The van der Waals surface area contributed by atoms with Crippen LogP contribution in [0, 0.1) is 0 Å². The third-order valence-electron chi connectivity index (χ3n) is 12.8. The van der Waals surface area contributed by atoms with E-state index in [1.807, 2.05) is 43.2 Å². The van der Waals surface area contributed by atoms with Crippen molar-refractivity contribution in [2.75, 3.05) is 131 Å². The first-order valence-corrected chi connectivity index (χ1v) is 40.5. The standard InChI is InChI=1S/C58H113N3O8S8/c1-6-11-15-19-23-27-47-70-74-51-43-66-55(62)31-35-60(36-32-56(63)67-44-52-75-71-48-28-24-20-16-12-7-2)41-39-59(10-5)40-42-61(37-33-57(64)68-45-53-76-72-49-29-25-21-17-13-8-3)38-34-58(65)69-46-54-77-73-50-30-26-22-18-14-9-4/h6-54H2,1-5H3. The predicted octanol–water partition coefficient (Wildman–Crippen LogP) is 16.6. The Morgan fingerprint density at radius 2 is 0.468 bits per heavy atom. The van der Waals surface area contributed by atoms with E-state index in [2.05, 4.69) is 49.3 Å². The highest BCUT2D eigenvalue weighted by molar-refractivity contribution is 8.77. The summed E-state index contributed by atoms with van der Waals surface area (Å²) in [6.45, 7) is 18.4. The number of unbranched alkanes of at least 4 members (excludes halogenated alkanes) is 20. The molecule has 0 amide bonds. The highest BCUT2D eigenvalue weighted by Gasteiger charge is 2.17. The van der Waals surface area contributed by atoms with Crippen LogP contribution in [0.4, 0.5) is 0 Å². The van der Waals surface area contributed by atoms with Crippen molar-refractivity contribution in [3.8, 4) is 0 Å². The van der Waals surface area contributed by atoms with Gasteiger partial charge in [0.25, 0.3) is 0 Å². The molecule has 0 radical (unpaired) electrons. The van der Waals surface area contributed by atoms with Crippen molar-refractivity contribution in [3.05, 3.63) is 0 Å². The fraction of sp³-hybridized carbons (Fsp3) is 0.931. The molecule has 0 bridgehead atoms. The second-order valence-corrected chi connectivity index (χ2v) is 30.5. The summed E-state index contributed by atoms with van der Waals surface area (Å²) in [5, 5.41) is 0. The van der Waals surface area contributed by atoms with Crippen LogP contribution in [0.1, 0.15) is 214 Å². The average Bonchev–Trinajstić information content (AvgIpc) is 3.43. The van der Waals surface area contributed by atoms with E-state index in [0.29, 0.717) is 65.7 Å².